The van der Waals surface area contributed by atoms with Gasteiger partial charge in [-0.2, -0.15) is 0 Å². The van der Waals surface area contributed by atoms with E-state index in [0.29, 0.717) is 22.9 Å². The van der Waals surface area contributed by atoms with Gasteiger partial charge < -0.3 is 15.0 Å². The van der Waals surface area contributed by atoms with Crippen molar-refractivity contribution in [3.8, 4) is 5.75 Å². The van der Waals surface area contributed by atoms with Gasteiger partial charge in [-0.25, -0.2) is 0 Å². The fourth-order valence-corrected chi connectivity index (χ4v) is 2.94. The predicted molar refractivity (Wildman–Crippen MR) is 97.9 cm³/mol. The second kappa shape index (κ2) is 7.41. The Morgan fingerprint density at radius 1 is 1.25 bits per heavy atom. The minimum Gasteiger partial charge on any atom is -0.495 e. The SMILES string of the molecule is COc1ccc(Cl)cc1NC(=O)CCCc1c[nH]c2ccccc12. The Labute approximate surface area is 145 Å². The Hall–Kier alpha value is -2.46. The third-order valence-electron chi connectivity index (χ3n) is 3.96. The minimum absolute atomic E-state index is 0.0459. The molecular formula is C19H19ClN2O2. The van der Waals surface area contributed by atoms with Gasteiger partial charge in [-0.1, -0.05) is 29.8 Å². The molecule has 1 heterocycles. The average Bonchev–Trinajstić information content (AvgIpc) is 2.98. The van der Waals surface area contributed by atoms with Crippen LogP contribution in [-0.4, -0.2) is 18.0 Å². The number of aromatic amines is 1. The second-order valence-corrected chi connectivity index (χ2v) is 6.04. The first-order chi connectivity index (χ1) is 11.7. The standard InChI is InChI=1S/C19H19ClN2O2/c1-24-18-10-9-14(20)11-17(18)22-19(23)8-4-5-13-12-21-16-7-3-2-6-15(13)16/h2-3,6-7,9-12,21H,4-5,8H2,1H3,(H,22,23). The summed E-state index contributed by atoms with van der Waals surface area (Å²) in [6.45, 7) is 0. The maximum atomic E-state index is 12.2. The van der Waals surface area contributed by atoms with Crippen LogP contribution in [0.5, 0.6) is 5.75 Å². The molecule has 24 heavy (non-hydrogen) atoms. The fraction of sp³-hybridized carbons (Fsp3) is 0.211. The molecule has 2 aromatic carbocycles. The minimum atomic E-state index is -0.0459. The van der Waals surface area contributed by atoms with Gasteiger partial charge in [0.05, 0.1) is 12.8 Å². The first-order valence-electron chi connectivity index (χ1n) is 7.86. The molecule has 0 bridgehead atoms. The Balaban J connectivity index is 1.57. The lowest BCUT2D eigenvalue weighted by Crippen LogP contribution is -2.12. The zero-order chi connectivity index (χ0) is 16.9. The molecule has 1 aromatic heterocycles. The first kappa shape index (κ1) is 16.4. The van der Waals surface area contributed by atoms with Crippen molar-refractivity contribution in [3.05, 3.63) is 59.2 Å². The topological polar surface area (TPSA) is 54.1 Å². The summed E-state index contributed by atoms with van der Waals surface area (Å²) in [5.41, 5.74) is 2.96. The summed E-state index contributed by atoms with van der Waals surface area (Å²) >= 11 is 5.97. The summed E-state index contributed by atoms with van der Waals surface area (Å²) in [5, 5.41) is 4.64. The maximum absolute atomic E-state index is 12.2. The molecule has 5 heteroatoms. The van der Waals surface area contributed by atoms with E-state index in [1.54, 1.807) is 25.3 Å². The van der Waals surface area contributed by atoms with Gasteiger partial charge in [0.25, 0.3) is 0 Å². The van der Waals surface area contributed by atoms with Crippen molar-refractivity contribution in [3.63, 3.8) is 0 Å². The van der Waals surface area contributed by atoms with Gasteiger partial charge in [-0.15, -0.1) is 0 Å². The van der Waals surface area contributed by atoms with Crippen LogP contribution in [0.2, 0.25) is 5.02 Å². The molecule has 1 amide bonds. The van der Waals surface area contributed by atoms with Crippen LogP contribution in [0.1, 0.15) is 18.4 Å². The number of nitrogens with one attached hydrogen (secondary N) is 2. The number of halogens is 1. The van der Waals surface area contributed by atoms with Crippen LogP contribution in [0, 0.1) is 0 Å². The highest BCUT2D eigenvalue weighted by molar-refractivity contribution is 6.31. The molecule has 0 saturated heterocycles. The zero-order valence-corrected chi connectivity index (χ0v) is 14.2. The molecule has 0 fully saturated rings. The summed E-state index contributed by atoms with van der Waals surface area (Å²) in [7, 11) is 1.57. The first-order valence-corrected chi connectivity index (χ1v) is 8.23. The summed E-state index contributed by atoms with van der Waals surface area (Å²) in [4.78, 5) is 15.4. The highest BCUT2D eigenvalue weighted by Gasteiger charge is 2.09. The Bertz CT molecular complexity index is 857. The third kappa shape index (κ3) is 3.71. The highest BCUT2D eigenvalue weighted by atomic mass is 35.5. The third-order valence-corrected chi connectivity index (χ3v) is 4.20. The lowest BCUT2D eigenvalue weighted by molar-refractivity contribution is -0.116. The van der Waals surface area contributed by atoms with Crippen LogP contribution < -0.4 is 10.1 Å². The molecule has 0 aliphatic rings. The Morgan fingerprint density at radius 2 is 2.08 bits per heavy atom. The van der Waals surface area contributed by atoms with Crippen molar-refractivity contribution in [2.45, 2.75) is 19.3 Å². The van der Waals surface area contributed by atoms with Crippen molar-refractivity contribution < 1.29 is 9.53 Å². The van der Waals surface area contributed by atoms with Crippen molar-refractivity contribution in [2.75, 3.05) is 12.4 Å². The summed E-state index contributed by atoms with van der Waals surface area (Å²) in [6.07, 6.45) is 4.08. The van der Waals surface area contributed by atoms with Crippen LogP contribution in [-0.2, 0) is 11.2 Å². The average molecular weight is 343 g/mol. The molecule has 0 atom stereocenters. The van der Waals surface area contributed by atoms with E-state index in [4.69, 9.17) is 16.3 Å². The molecule has 0 saturated carbocycles. The largest absolute Gasteiger partial charge is 0.495 e. The Kier molecular flexibility index (Phi) is 5.06. The van der Waals surface area contributed by atoms with Gasteiger partial charge in [-0.05, 0) is 42.7 Å². The molecule has 0 aliphatic carbocycles. The number of aryl methyl sites for hydroxylation is 1. The summed E-state index contributed by atoms with van der Waals surface area (Å²) in [6, 6.07) is 13.3. The van der Waals surface area contributed by atoms with Crippen molar-refractivity contribution >= 4 is 34.1 Å². The lowest BCUT2D eigenvalue weighted by Gasteiger charge is -2.10. The molecule has 3 aromatic rings. The van der Waals surface area contributed by atoms with Crippen LogP contribution in [0.4, 0.5) is 5.69 Å². The van der Waals surface area contributed by atoms with E-state index in [2.05, 4.69) is 22.4 Å². The molecule has 3 rings (SSSR count). The normalized spacial score (nSPS) is 10.8. The smallest absolute Gasteiger partial charge is 0.224 e. The zero-order valence-electron chi connectivity index (χ0n) is 13.4. The molecule has 0 radical (unpaired) electrons. The maximum Gasteiger partial charge on any atom is 0.224 e. The summed E-state index contributed by atoms with van der Waals surface area (Å²) in [5.74, 6) is 0.555. The second-order valence-electron chi connectivity index (χ2n) is 5.61. The van der Waals surface area contributed by atoms with Gasteiger partial charge in [-0.3, -0.25) is 4.79 Å². The molecule has 124 valence electrons. The number of benzene rings is 2. The molecule has 4 nitrogen and oxygen atoms in total. The molecule has 0 aliphatic heterocycles. The Morgan fingerprint density at radius 3 is 2.92 bits per heavy atom. The lowest BCUT2D eigenvalue weighted by atomic mass is 10.1. The fourth-order valence-electron chi connectivity index (χ4n) is 2.77. The van der Waals surface area contributed by atoms with Gasteiger partial charge in [0.2, 0.25) is 5.91 Å². The van der Waals surface area contributed by atoms with E-state index >= 15 is 0 Å². The molecule has 2 N–H and O–H groups in total. The number of H-pyrrole nitrogens is 1. The molecule has 0 spiro atoms. The molecular weight excluding hydrogens is 324 g/mol. The number of carbonyl (C=O) groups is 1. The number of ether oxygens (including phenoxy) is 1. The summed E-state index contributed by atoms with van der Waals surface area (Å²) < 4.78 is 5.24. The van der Waals surface area contributed by atoms with Crippen LogP contribution in [0.3, 0.4) is 0 Å². The number of methoxy groups -OCH3 is 1. The van der Waals surface area contributed by atoms with Crippen LogP contribution in [0.15, 0.2) is 48.7 Å². The van der Waals surface area contributed by atoms with Crippen LogP contribution in [0.25, 0.3) is 10.9 Å². The van der Waals surface area contributed by atoms with Gasteiger partial charge in [0, 0.05) is 28.5 Å². The van der Waals surface area contributed by atoms with Crippen molar-refractivity contribution in [1.29, 1.82) is 0 Å². The number of para-hydroxylation sites is 1. The number of amides is 1. The van der Waals surface area contributed by atoms with Gasteiger partial charge in [0.1, 0.15) is 5.75 Å². The van der Waals surface area contributed by atoms with E-state index in [0.717, 1.165) is 18.4 Å². The number of carbonyl (C=O) groups excluding carboxylic acids is 1. The number of anilines is 1. The number of fused-ring (bicyclic) bond motifs is 1. The number of hydrogen-bond acceptors (Lipinski definition) is 2. The van der Waals surface area contributed by atoms with Crippen molar-refractivity contribution in [2.24, 2.45) is 0 Å². The van der Waals surface area contributed by atoms with Crippen LogP contribution >= 0.6 is 11.6 Å². The monoisotopic (exact) mass is 342 g/mol. The van der Waals surface area contributed by atoms with E-state index in [1.807, 2.05) is 18.3 Å². The molecule has 0 unspecified atom stereocenters. The number of aromatic nitrogens is 1. The quantitative estimate of drug-likeness (QED) is 0.676. The van der Waals surface area contributed by atoms with E-state index < -0.39 is 0 Å². The predicted octanol–water partition coefficient (Wildman–Crippen LogP) is 4.79. The van der Waals surface area contributed by atoms with E-state index in [9.17, 15) is 4.79 Å². The van der Waals surface area contributed by atoms with Crippen molar-refractivity contribution in [1.82, 2.24) is 4.98 Å². The van der Waals surface area contributed by atoms with Gasteiger partial charge >= 0.3 is 0 Å². The number of hydrogen-bond donors (Lipinski definition) is 2. The highest BCUT2D eigenvalue weighted by Crippen LogP contribution is 2.28. The number of rotatable bonds is 6. The van der Waals surface area contributed by atoms with Gasteiger partial charge in [0.15, 0.2) is 0 Å². The van der Waals surface area contributed by atoms with E-state index in [1.165, 1.54) is 10.9 Å². The van der Waals surface area contributed by atoms with E-state index in [-0.39, 0.29) is 5.91 Å².